The topological polar surface area (TPSA) is 63.1 Å². The molecule has 4 nitrogen and oxygen atoms in total. The first-order chi connectivity index (χ1) is 8.95. The molecule has 0 fully saturated rings. The zero-order valence-electron chi connectivity index (χ0n) is 10.3. The molecule has 0 spiro atoms. The van der Waals surface area contributed by atoms with Crippen LogP contribution >= 0.6 is 23.4 Å². The average Bonchev–Trinajstić information content (AvgIpc) is 2.30. The number of carbonyl (C=O) groups is 1. The number of hydrogen-bond donors (Lipinski definition) is 1. The van der Waals surface area contributed by atoms with Gasteiger partial charge in [0.2, 0.25) is 0 Å². The van der Waals surface area contributed by atoms with E-state index in [9.17, 15) is 4.79 Å². The molecule has 0 saturated carbocycles. The predicted molar refractivity (Wildman–Crippen MR) is 74.0 cm³/mol. The molecule has 1 aromatic carbocycles. The number of aryl methyl sites for hydroxylation is 2. The summed E-state index contributed by atoms with van der Waals surface area (Å²) >= 11 is 7.21. The van der Waals surface area contributed by atoms with E-state index in [2.05, 4.69) is 9.97 Å². The maximum absolute atomic E-state index is 11.0. The third-order valence-corrected chi connectivity index (χ3v) is 3.57. The normalized spacial score (nSPS) is 10.5. The lowest BCUT2D eigenvalue weighted by molar-refractivity contribution is 0.0697. The van der Waals surface area contributed by atoms with Crippen molar-refractivity contribution in [3.8, 4) is 0 Å². The lowest BCUT2D eigenvalue weighted by atomic mass is 10.2. The van der Waals surface area contributed by atoms with Crippen molar-refractivity contribution in [1.29, 1.82) is 0 Å². The van der Waals surface area contributed by atoms with E-state index < -0.39 is 5.97 Å². The van der Waals surface area contributed by atoms with E-state index in [-0.39, 0.29) is 10.6 Å². The summed E-state index contributed by atoms with van der Waals surface area (Å²) in [6.07, 6.45) is 0. The quantitative estimate of drug-likeness (QED) is 0.876. The standard InChI is InChI=1S/C13H11ClN2O2S/c1-7-5-12(16-8(2)15-7)19-9-3-4-11(14)10(6-9)13(17)18/h3-6H,1-2H3,(H,17,18). The van der Waals surface area contributed by atoms with Crippen LogP contribution in [0.5, 0.6) is 0 Å². The van der Waals surface area contributed by atoms with E-state index in [4.69, 9.17) is 16.7 Å². The van der Waals surface area contributed by atoms with Gasteiger partial charge in [-0.2, -0.15) is 0 Å². The van der Waals surface area contributed by atoms with E-state index >= 15 is 0 Å². The van der Waals surface area contributed by atoms with Gasteiger partial charge >= 0.3 is 5.97 Å². The Bertz CT molecular complexity index is 626. The number of aromatic nitrogens is 2. The molecule has 0 atom stereocenters. The van der Waals surface area contributed by atoms with Gasteiger partial charge in [-0.15, -0.1) is 0 Å². The lowest BCUT2D eigenvalue weighted by Crippen LogP contribution is -1.97. The van der Waals surface area contributed by atoms with Gasteiger partial charge < -0.3 is 5.11 Å². The minimum Gasteiger partial charge on any atom is -0.478 e. The van der Waals surface area contributed by atoms with Crippen LogP contribution in [0.25, 0.3) is 0 Å². The van der Waals surface area contributed by atoms with Crippen molar-refractivity contribution in [2.45, 2.75) is 23.8 Å². The Kier molecular flexibility index (Phi) is 4.07. The molecule has 19 heavy (non-hydrogen) atoms. The van der Waals surface area contributed by atoms with E-state index in [1.54, 1.807) is 18.2 Å². The summed E-state index contributed by atoms with van der Waals surface area (Å²) < 4.78 is 0. The van der Waals surface area contributed by atoms with E-state index in [0.717, 1.165) is 15.6 Å². The minimum atomic E-state index is -1.04. The molecule has 0 aliphatic carbocycles. The van der Waals surface area contributed by atoms with Crippen LogP contribution < -0.4 is 0 Å². The van der Waals surface area contributed by atoms with Crippen LogP contribution in [0.15, 0.2) is 34.2 Å². The summed E-state index contributed by atoms with van der Waals surface area (Å²) in [6.45, 7) is 3.71. The number of aromatic carboxylic acids is 1. The van der Waals surface area contributed by atoms with Gasteiger partial charge in [-0.05, 0) is 38.1 Å². The van der Waals surface area contributed by atoms with Gasteiger partial charge in [0.1, 0.15) is 10.9 Å². The third kappa shape index (κ3) is 3.45. The fourth-order valence-corrected chi connectivity index (χ4v) is 2.75. The first kappa shape index (κ1) is 13.8. The Morgan fingerprint density at radius 1 is 1.26 bits per heavy atom. The Balaban J connectivity index is 2.33. The number of carboxylic acid groups (broad SMARTS) is 1. The van der Waals surface area contributed by atoms with Crippen molar-refractivity contribution in [1.82, 2.24) is 9.97 Å². The number of rotatable bonds is 3. The molecule has 0 unspecified atom stereocenters. The summed E-state index contributed by atoms with van der Waals surface area (Å²) in [7, 11) is 0. The molecule has 0 saturated heterocycles. The highest BCUT2D eigenvalue weighted by Crippen LogP contribution is 2.29. The molecule has 1 heterocycles. The van der Waals surface area contributed by atoms with Crippen molar-refractivity contribution in [2.24, 2.45) is 0 Å². The van der Waals surface area contributed by atoms with Crippen LogP contribution in [0.2, 0.25) is 5.02 Å². The molecule has 0 aliphatic heterocycles. The Morgan fingerprint density at radius 2 is 2.00 bits per heavy atom. The summed E-state index contributed by atoms with van der Waals surface area (Å²) in [4.78, 5) is 20.3. The third-order valence-electron chi connectivity index (χ3n) is 2.33. The molecule has 0 aliphatic rings. The van der Waals surface area contributed by atoms with Crippen LogP contribution in [0.3, 0.4) is 0 Å². The zero-order valence-corrected chi connectivity index (χ0v) is 11.9. The van der Waals surface area contributed by atoms with Crippen LogP contribution in [0.4, 0.5) is 0 Å². The fourth-order valence-electron chi connectivity index (χ4n) is 1.59. The maximum Gasteiger partial charge on any atom is 0.337 e. The van der Waals surface area contributed by atoms with E-state index in [1.165, 1.54) is 11.8 Å². The molecule has 0 radical (unpaired) electrons. The van der Waals surface area contributed by atoms with Crippen molar-refractivity contribution in [3.63, 3.8) is 0 Å². The highest BCUT2D eigenvalue weighted by molar-refractivity contribution is 7.99. The fraction of sp³-hybridized carbons (Fsp3) is 0.154. The first-order valence-corrected chi connectivity index (χ1v) is 6.68. The lowest BCUT2D eigenvalue weighted by Gasteiger charge is -2.05. The zero-order chi connectivity index (χ0) is 14.0. The summed E-state index contributed by atoms with van der Waals surface area (Å²) in [6, 6.07) is 6.75. The molecular formula is C13H11ClN2O2S. The Morgan fingerprint density at radius 3 is 2.63 bits per heavy atom. The molecule has 98 valence electrons. The second-order valence-corrected chi connectivity index (χ2v) is 5.44. The van der Waals surface area contributed by atoms with Crippen LogP contribution in [-0.4, -0.2) is 21.0 Å². The smallest absolute Gasteiger partial charge is 0.337 e. The van der Waals surface area contributed by atoms with Crippen LogP contribution in [0.1, 0.15) is 21.9 Å². The number of hydrogen-bond acceptors (Lipinski definition) is 4. The van der Waals surface area contributed by atoms with Crippen molar-refractivity contribution in [3.05, 3.63) is 46.4 Å². The number of halogens is 1. The van der Waals surface area contributed by atoms with E-state index in [1.807, 2.05) is 19.9 Å². The molecule has 2 aromatic rings. The monoisotopic (exact) mass is 294 g/mol. The molecule has 1 N–H and O–H groups in total. The first-order valence-electron chi connectivity index (χ1n) is 5.48. The van der Waals surface area contributed by atoms with Gasteiger partial charge in [-0.25, -0.2) is 14.8 Å². The molecule has 2 rings (SSSR count). The Hall–Kier alpha value is -1.59. The van der Waals surface area contributed by atoms with Crippen molar-refractivity contribution < 1.29 is 9.90 Å². The maximum atomic E-state index is 11.0. The van der Waals surface area contributed by atoms with Crippen LogP contribution in [0, 0.1) is 13.8 Å². The average molecular weight is 295 g/mol. The number of benzene rings is 1. The highest BCUT2D eigenvalue weighted by atomic mass is 35.5. The molecule has 1 aromatic heterocycles. The van der Waals surface area contributed by atoms with E-state index in [0.29, 0.717) is 5.82 Å². The Labute approximate surface area is 119 Å². The molecule has 6 heteroatoms. The molecular weight excluding hydrogens is 284 g/mol. The van der Waals surface area contributed by atoms with Crippen molar-refractivity contribution >= 4 is 29.3 Å². The molecule has 0 bridgehead atoms. The number of carboxylic acids is 1. The van der Waals surface area contributed by atoms with Crippen molar-refractivity contribution in [2.75, 3.05) is 0 Å². The molecule has 0 amide bonds. The van der Waals surface area contributed by atoms with Gasteiger partial charge in [0, 0.05) is 10.6 Å². The highest BCUT2D eigenvalue weighted by Gasteiger charge is 2.10. The summed E-state index contributed by atoms with van der Waals surface area (Å²) in [5.74, 6) is -0.350. The van der Waals surface area contributed by atoms with Crippen LogP contribution in [-0.2, 0) is 0 Å². The SMILES string of the molecule is Cc1cc(Sc2ccc(Cl)c(C(=O)O)c2)nc(C)n1. The minimum absolute atomic E-state index is 0.0918. The second-order valence-electron chi connectivity index (χ2n) is 3.94. The van der Waals surface area contributed by atoms with Gasteiger partial charge in [0.15, 0.2) is 0 Å². The van der Waals surface area contributed by atoms with Gasteiger partial charge in [-0.3, -0.25) is 0 Å². The van der Waals surface area contributed by atoms with Gasteiger partial charge in [0.25, 0.3) is 0 Å². The summed E-state index contributed by atoms with van der Waals surface area (Å²) in [5, 5.41) is 10.0. The number of nitrogens with zero attached hydrogens (tertiary/aromatic N) is 2. The van der Waals surface area contributed by atoms with Gasteiger partial charge in [0.05, 0.1) is 10.6 Å². The second kappa shape index (κ2) is 5.59. The predicted octanol–water partition coefficient (Wildman–Crippen LogP) is 3.60. The summed E-state index contributed by atoms with van der Waals surface area (Å²) in [5.41, 5.74) is 0.969. The largest absolute Gasteiger partial charge is 0.478 e. The van der Waals surface area contributed by atoms with Gasteiger partial charge in [-0.1, -0.05) is 23.4 Å².